The SMILES string of the molecule is Cc1cccc2c1N(C(=O)C(C)C1CNC1)CCC2. The molecular weight excluding hydrogens is 236 g/mol. The fourth-order valence-electron chi connectivity index (χ4n) is 3.18. The standard InChI is InChI=1S/C16H22N2O/c1-11-5-3-6-13-7-4-8-18(15(11)13)16(19)12(2)14-9-17-10-14/h3,5-6,12,14,17H,4,7-10H2,1-2H3. The van der Waals surface area contributed by atoms with Gasteiger partial charge in [0, 0.05) is 18.2 Å². The molecule has 3 rings (SSSR count). The summed E-state index contributed by atoms with van der Waals surface area (Å²) in [5.74, 6) is 0.954. The zero-order valence-electron chi connectivity index (χ0n) is 11.8. The van der Waals surface area contributed by atoms with Crippen molar-refractivity contribution in [2.75, 3.05) is 24.5 Å². The number of anilines is 1. The number of nitrogens with one attached hydrogen (secondary N) is 1. The summed E-state index contributed by atoms with van der Waals surface area (Å²) >= 11 is 0. The van der Waals surface area contributed by atoms with E-state index in [2.05, 4.69) is 37.4 Å². The summed E-state index contributed by atoms with van der Waals surface area (Å²) in [4.78, 5) is 14.8. The second kappa shape index (κ2) is 4.97. The van der Waals surface area contributed by atoms with Crippen LogP contribution in [0, 0.1) is 18.8 Å². The van der Waals surface area contributed by atoms with Crippen LogP contribution < -0.4 is 10.2 Å². The third-order valence-electron chi connectivity index (χ3n) is 4.59. The van der Waals surface area contributed by atoms with Gasteiger partial charge < -0.3 is 10.2 Å². The molecule has 1 fully saturated rings. The summed E-state index contributed by atoms with van der Waals surface area (Å²) in [6.07, 6.45) is 2.18. The highest BCUT2D eigenvalue weighted by molar-refractivity contribution is 5.97. The van der Waals surface area contributed by atoms with E-state index in [1.807, 2.05) is 4.90 Å². The van der Waals surface area contributed by atoms with Crippen LogP contribution in [-0.2, 0) is 11.2 Å². The maximum absolute atomic E-state index is 12.7. The molecule has 0 aliphatic carbocycles. The van der Waals surface area contributed by atoms with Crippen LogP contribution in [0.25, 0.3) is 0 Å². The van der Waals surface area contributed by atoms with E-state index in [0.717, 1.165) is 32.5 Å². The number of carbonyl (C=O) groups is 1. The second-order valence-corrected chi connectivity index (χ2v) is 5.88. The number of nitrogens with zero attached hydrogens (tertiary/aromatic N) is 1. The first-order valence-electron chi connectivity index (χ1n) is 7.29. The lowest BCUT2D eigenvalue weighted by Gasteiger charge is -2.37. The van der Waals surface area contributed by atoms with Gasteiger partial charge >= 0.3 is 0 Å². The number of aryl methyl sites for hydroxylation is 2. The highest BCUT2D eigenvalue weighted by Gasteiger charge is 2.34. The highest BCUT2D eigenvalue weighted by Crippen LogP contribution is 2.32. The molecule has 1 unspecified atom stereocenters. The van der Waals surface area contributed by atoms with E-state index < -0.39 is 0 Å². The molecule has 2 heterocycles. The van der Waals surface area contributed by atoms with Crippen LogP contribution in [0.1, 0.15) is 24.5 Å². The minimum absolute atomic E-state index is 0.131. The summed E-state index contributed by atoms with van der Waals surface area (Å²) in [6.45, 7) is 7.05. The van der Waals surface area contributed by atoms with Crippen LogP contribution in [-0.4, -0.2) is 25.5 Å². The number of hydrogen-bond acceptors (Lipinski definition) is 2. The van der Waals surface area contributed by atoms with Crippen molar-refractivity contribution in [3.63, 3.8) is 0 Å². The van der Waals surface area contributed by atoms with Crippen molar-refractivity contribution < 1.29 is 4.79 Å². The van der Waals surface area contributed by atoms with Crippen LogP contribution in [0.3, 0.4) is 0 Å². The molecule has 0 saturated carbocycles. The Morgan fingerprint density at radius 1 is 1.42 bits per heavy atom. The summed E-state index contributed by atoms with van der Waals surface area (Å²) in [7, 11) is 0. The molecule has 1 aromatic rings. The first kappa shape index (κ1) is 12.7. The zero-order chi connectivity index (χ0) is 13.4. The van der Waals surface area contributed by atoms with E-state index in [9.17, 15) is 4.79 Å². The smallest absolute Gasteiger partial charge is 0.230 e. The van der Waals surface area contributed by atoms with Crippen LogP contribution in [0.15, 0.2) is 18.2 Å². The fraction of sp³-hybridized carbons (Fsp3) is 0.562. The van der Waals surface area contributed by atoms with Crippen molar-refractivity contribution in [1.82, 2.24) is 5.32 Å². The van der Waals surface area contributed by atoms with Gasteiger partial charge in [-0.3, -0.25) is 4.79 Å². The normalized spacial score (nSPS) is 20.6. The number of hydrogen-bond donors (Lipinski definition) is 1. The Labute approximate surface area is 115 Å². The molecule has 2 aliphatic rings. The lowest BCUT2D eigenvalue weighted by Crippen LogP contribution is -2.51. The number of fused-ring (bicyclic) bond motifs is 1. The Morgan fingerprint density at radius 3 is 2.89 bits per heavy atom. The summed E-state index contributed by atoms with van der Waals surface area (Å²) in [5, 5.41) is 3.26. The molecule has 3 heteroatoms. The van der Waals surface area contributed by atoms with Crippen LogP contribution in [0.2, 0.25) is 0 Å². The van der Waals surface area contributed by atoms with Gasteiger partial charge in [0.1, 0.15) is 0 Å². The Hall–Kier alpha value is -1.35. The molecule has 0 aromatic heterocycles. The van der Waals surface area contributed by atoms with Gasteiger partial charge in [0.15, 0.2) is 0 Å². The maximum Gasteiger partial charge on any atom is 0.230 e. The van der Waals surface area contributed by atoms with E-state index in [-0.39, 0.29) is 5.92 Å². The average molecular weight is 258 g/mol. The maximum atomic E-state index is 12.7. The molecule has 1 amide bonds. The number of amides is 1. The second-order valence-electron chi connectivity index (χ2n) is 5.88. The molecule has 0 bridgehead atoms. The van der Waals surface area contributed by atoms with E-state index in [4.69, 9.17) is 0 Å². The average Bonchev–Trinajstić information content (AvgIpc) is 2.35. The Morgan fingerprint density at radius 2 is 2.21 bits per heavy atom. The van der Waals surface area contributed by atoms with Crippen LogP contribution >= 0.6 is 0 Å². The molecule has 2 aliphatic heterocycles. The van der Waals surface area contributed by atoms with Gasteiger partial charge in [-0.05, 0) is 49.9 Å². The monoisotopic (exact) mass is 258 g/mol. The zero-order valence-corrected chi connectivity index (χ0v) is 11.8. The third kappa shape index (κ3) is 2.16. The Kier molecular flexibility index (Phi) is 3.31. The molecular formula is C16H22N2O. The molecule has 1 aromatic carbocycles. The summed E-state index contributed by atoms with van der Waals surface area (Å²) in [6, 6.07) is 6.37. The molecule has 0 radical (unpaired) electrons. The summed E-state index contributed by atoms with van der Waals surface area (Å²) < 4.78 is 0. The van der Waals surface area contributed by atoms with Crippen LogP contribution in [0.5, 0.6) is 0 Å². The van der Waals surface area contributed by atoms with Crippen molar-refractivity contribution in [2.24, 2.45) is 11.8 Å². The Bertz CT molecular complexity index is 494. The first-order valence-corrected chi connectivity index (χ1v) is 7.29. The quantitative estimate of drug-likeness (QED) is 0.881. The van der Waals surface area contributed by atoms with Crippen molar-refractivity contribution >= 4 is 11.6 Å². The topological polar surface area (TPSA) is 32.3 Å². The number of rotatable bonds is 2. The number of benzene rings is 1. The molecule has 1 N–H and O–H groups in total. The van der Waals surface area contributed by atoms with E-state index >= 15 is 0 Å². The minimum Gasteiger partial charge on any atom is -0.316 e. The summed E-state index contributed by atoms with van der Waals surface area (Å²) in [5.41, 5.74) is 3.74. The molecule has 1 saturated heterocycles. The number of para-hydroxylation sites is 1. The molecule has 102 valence electrons. The van der Waals surface area contributed by atoms with Crippen molar-refractivity contribution in [2.45, 2.75) is 26.7 Å². The lowest BCUT2D eigenvalue weighted by atomic mass is 9.87. The van der Waals surface area contributed by atoms with Crippen LogP contribution in [0.4, 0.5) is 5.69 Å². The van der Waals surface area contributed by atoms with Gasteiger partial charge in [-0.15, -0.1) is 0 Å². The van der Waals surface area contributed by atoms with Gasteiger partial charge in [0.2, 0.25) is 5.91 Å². The first-order chi connectivity index (χ1) is 9.18. The van der Waals surface area contributed by atoms with Crippen molar-refractivity contribution in [3.05, 3.63) is 29.3 Å². The van der Waals surface area contributed by atoms with Crippen molar-refractivity contribution in [3.8, 4) is 0 Å². The van der Waals surface area contributed by atoms with E-state index in [1.54, 1.807) is 0 Å². The lowest BCUT2D eigenvalue weighted by molar-refractivity contribution is -0.124. The molecule has 1 atom stereocenters. The predicted octanol–water partition coefficient (Wildman–Crippen LogP) is 2.13. The highest BCUT2D eigenvalue weighted by atomic mass is 16.2. The molecule has 0 spiro atoms. The largest absolute Gasteiger partial charge is 0.316 e. The van der Waals surface area contributed by atoms with E-state index in [1.165, 1.54) is 16.8 Å². The number of carbonyl (C=O) groups excluding carboxylic acids is 1. The predicted molar refractivity (Wildman–Crippen MR) is 77.4 cm³/mol. The van der Waals surface area contributed by atoms with Gasteiger partial charge in [0.25, 0.3) is 0 Å². The van der Waals surface area contributed by atoms with E-state index in [0.29, 0.717) is 11.8 Å². The Balaban J connectivity index is 1.88. The van der Waals surface area contributed by atoms with Gasteiger partial charge in [0.05, 0.1) is 0 Å². The third-order valence-corrected chi connectivity index (χ3v) is 4.59. The van der Waals surface area contributed by atoms with Gasteiger partial charge in [-0.25, -0.2) is 0 Å². The van der Waals surface area contributed by atoms with Crippen molar-refractivity contribution in [1.29, 1.82) is 0 Å². The minimum atomic E-state index is 0.131. The fourth-order valence-corrected chi connectivity index (χ4v) is 3.18. The van der Waals surface area contributed by atoms with Gasteiger partial charge in [-0.2, -0.15) is 0 Å². The molecule has 3 nitrogen and oxygen atoms in total. The van der Waals surface area contributed by atoms with Gasteiger partial charge in [-0.1, -0.05) is 25.1 Å². The molecule has 19 heavy (non-hydrogen) atoms.